The van der Waals surface area contributed by atoms with Crippen LogP contribution in [0, 0.1) is 0 Å². The molecule has 1 aromatic carbocycles. The number of rotatable bonds is 5. The SMILES string of the molecule is CCC(Nc1nccn1C1CC1)c1ccccc1. The highest BCUT2D eigenvalue weighted by molar-refractivity contribution is 5.34. The van der Waals surface area contributed by atoms with Crippen molar-refractivity contribution in [3.05, 3.63) is 48.3 Å². The molecular formula is C15H19N3. The topological polar surface area (TPSA) is 29.9 Å². The van der Waals surface area contributed by atoms with Gasteiger partial charge >= 0.3 is 0 Å². The average Bonchev–Trinajstić information content (AvgIpc) is 3.17. The van der Waals surface area contributed by atoms with E-state index in [1.54, 1.807) is 0 Å². The van der Waals surface area contributed by atoms with Gasteiger partial charge in [-0.3, -0.25) is 0 Å². The third-order valence-corrected chi connectivity index (χ3v) is 3.52. The minimum absolute atomic E-state index is 0.339. The van der Waals surface area contributed by atoms with Gasteiger partial charge in [-0.05, 0) is 24.8 Å². The maximum atomic E-state index is 4.44. The van der Waals surface area contributed by atoms with Gasteiger partial charge in [0.25, 0.3) is 0 Å². The summed E-state index contributed by atoms with van der Waals surface area (Å²) >= 11 is 0. The van der Waals surface area contributed by atoms with Gasteiger partial charge in [0.2, 0.25) is 5.95 Å². The van der Waals surface area contributed by atoms with E-state index in [2.05, 4.69) is 58.3 Å². The number of anilines is 1. The zero-order valence-corrected chi connectivity index (χ0v) is 10.7. The molecule has 0 radical (unpaired) electrons. The maximum Gasteiger partial charge on any atom is 0.203 e. The number of hydrogen-bond acceptors (Lipinski definition) is 2. The van der Waals surface area contributed by atoms with E-state index in [1.807, 2.05) is 6.20 Å². The molecule has 1 heterocycles. The zero-order chi connectivity index (χ0) is 12.4. The minimum atomic E-state index is 0.339. The van der Waals surface area contributed by atoms with Crippen molar-refractivity contribution >= 4 is 5.95 Å². The van der Waals surface area contributed by atoms with Crippen LogP contribution in [0.2, 0.25) is 0 Å². The Morgan fingerprint density at radius 2 is 2.11 bits per heavy atom. The molecule has 1 atom stereocenters. The molecule has 3 nitrogen and oxygen atoms in total. The first kappa shape index (κ1) is 11.3. The monoisotopic (exact) mass is 241 g/mol. The molecule has 94 valence electrons. The summed E-state index contributed by atoms with van der Waals surface area (Å²) in [5.74, 6) is 1.01. The number of nitrogens with zero attached hydrogens (tertiary/aromatic N) is 2. The first-order valence-electron chi connectivity index (χ1n) is 6.73. The third kappa shape index (κ3) is 2.26. The van der Waals surface area contributed by atoms with Gasteiger partial charge in [0.15, 0.2) is 0 Å². The summed E-state index contributed by atoms with van der Waals surface area (Å²) in [6, 6.07) is 11.6. The summed E-state index contributed by atoms with van der Waals surface area (Å²) in [6.45, 7) is 2.20. The van der Waals surface area contributed by atoms with Gasteiger partial charge in [-0.15, -0.1) is 0 Å². The van der Waals surface area contributed by atoms with Crippen LogP contribution in [-0.4, -0.2) is 9.55 Å². The van der Waals surface area contributed by atoms with Crippen molar-refractivity contribution in [3.63, 3.8) is 0 Å². The second-order valence-corrected chi connectivity index (χ2v) is 4.91. The van der Waals surface area contributed by atoms with Crippen molar-refractivity contribution in [3.8, 4) is 0 Å². The first-order valence-corrected chi connectivity index (χ1v) is 6.73. The molecule has 1 saturated carbocycles. The van der Waals surface area contributed by atoms with Crippen LogP contribution in [0.3, 0.4) is 0 Å². The number of aromatic nitrogens is 2. The van der Waals surface area contributed by atoms with E-state index in [0.717, 1.165) is 12.4 Å². The van der Waals surface area contributed by atoms with Crippen LogP contribution in [0.1, 0.15) is 43.8 Å². The van der Waals surface area contributed by atoms with E-state index < -0.39 is 0 Å². The second-order valence-electron chi connectivity index (χ2n) is 4.91. The molecule has 1 aliphatic rings. The van der Waals surface area contributed by atoms with Gasteiger partial charge in [0, 0.05) is 18.4 Å². The fourth-order valence-electron chi connectivity index (χ4n) is 2.33. The standard InChI is InChI=1S/C15H19N3/c1-2-14(12-6-4-3-5-7-12)17-15-16-10-11-18(15)13-8-9-13/h3-7,10-11,13-14H,2,8-9H2,1H3,(H,16,17). The lowest BCUT2D eigenvalue weighted by molar-refractivity contribution is 0.694. The summed E-state index contributed by atoms with van der Waals surface area (Å²) in [5.41, 5.74) is 1.32. The Bertz CT molecular complexity index is 499. The van der Waals surface area contributed by atoms with E-state index in [-0.39, 0.29) is 0 Å². The normalized spacial score (nSPS) is 16.5. The number of nitrogens with one attached hydrogen (secondary N) is 1. The van der Waals surface area contributed by atoms with Gasteiger partial charge in [-0.1, -0.05) is 37.3 Å². The van der Waals surface area contributed by atoms with Gasteiger partial charge in [-0.25, -0.2) is 4.98 Å². The summed E-state index contributed by atoms with van der Waals surface area (Å²) in [6.07, 6.45) is 7.60. The molecule has 2 aromatic rings. The molecule has 0 amide bonds. The van der Waals surface area contributed by atoms with Gasteiger partial charge < -0.3 is 9.88 Å². The van der Waals surface area contributed by atoms with Crippen LogP contribution in [-0.2, 0) is 0 Å². The van der Waals surface area contributed by atoms with Crippen LogP contribution in [0.15, 0.2) is 42.7 Å². The van der Waals surface area contributed by atoms with Crippen molar-refractivity contribution in [2.24, 2.45) is 0 Å². The Morgan fingerprint density at radius 3 is 2.78 bits per heavy atom. The van der Waals surface area contributed by atoms with Gasteiger partial charge in [-0.2, -0.15) is 0 Å². The van der Waals surface area contributed by atoms with E-state index in [4.69, 9.17) is 0 Å². The second kappa shape index (κ2) is 4.84. The van der Waals surface area contributed by atoms with E-state index in [0.29, 0.717) is 12.1 Å². The molecular weight excluding hydrogens is 222 g/mol. The third-order valence-electron chi connectivity index (χ3n) is 3.52. The molecule has 3 rings (SSSR count). The first-order chi connectivity index (χ1) is 8.88. The highest BCUT2D eigenvalue weighted by Crippen LogP contribution is 2.37. The lowest BCUT2D eigenvalue weighted by Gasteiger charge is -2.19. The molecule has 1 fully saturated rings. The van der Waals surface area contributed by atoms with E-state index in [9.17, 15) is 0 Å². The molecule has 0 saturated heterocycles. The van der Waals surface area contributed by atoms with Crippen LogP contribution >= 0.6 is 0 Å². The summed E-state index contributed by atoms with van der Waals surface area (Å²) < 4.78 is 2.27. The smallest absolute Gasteiger partial charge is 0.203 e. The molecule has 0 spiro atoms. The molecule has 0 aliphatic heterocycles. The molecule has 3 heteroatoms. The number of benzene rings is 1. The highest BCUT2D eigenvalue weighted by Gasteiger charge is 2.26. The Kier molecular flexibility index (Phi) is 3.05. The number of imidazole rings is 1. The Balaban J connectivity index is 1.79. The molecule has 1 aromatic heterocycles. The molecule has 1 unspecified atom stereocenters. The molecule has 18 heavy (non-hydrogen) atoms. The summed E-state index contributed by atoms with van der Waals surface area (Å²) in [4.78, 5) is 4.44. The molecule has 0 bridgehead atoms. The summed E-state index contributed by atoms with van der Waals surface area (Å²) in [7, 11) is 0. The van der Waals surface area contributed by atoms with Crippen molar-refractivity contribution in [2.75, 3.05) is 5.32 Å². The zero-order valence-electron chi connectivity index (χ0n) is 10.7. The van der Waals surface area contributed by atoms with Crippen LogP contribution in [0.4, 0.5) is 5.95 Å². The van der Waals surface area contributed by atoms with Crippen molar-refractivity contribution in [1.82, 2.24) is 9.55 Å². The predicted octanol–water partition coefficient (Wildman–Crippen LogP) is 3.78. The fourth-order valence-corrected chi connectivity index (χ4v) is 2.33. The minimum Gasteiger partial charge on any atom is -0.349 e. The van der Waals surface area contributed by atoms with Gasteiger partial charge in [0.05, 0.1) is 6.04 Å². The van der Waals surface area contributed by atoms with Crippen molar-refractivity contribution in [2.45, 2.75) is 38.3 Å². The van der Waals surface area contributed by atoms with E-state index >= 15 is 0 Å². The fraction of sp³-hybridized carbons (Fsp3) is 0.400. The maximum absolute atomic E-state index is 4.44. The lowest BCUT2D eigenvalue weighted by atomic mass is 10.1. The Morgan fingerprint density at radius 1 is 1.33 bits per heavy atom. The highest BCUT2D eigenvalue weighted by atomic mass is 15.2. The molecule has 1 aliphatic carbocycles. The van der Waals surface area contributed by atoms with Crippen LogP contribution in [0.25, 0.3) is 0 Å². The number of hydrogen-bond donors (Lipinski definition) is 1. The largest absolute Gasteiger partial charge is 0.349 e. The Hall–Kier alpha value is -1.77. The van der Waals surface area contributed by atoms with E-state index in [1.165, 1.54) is 18.4 Å². The van der Waals surface area contributed by atoms with Crippen molar-refractivity contribution < 1.29 is 0 Å². The van der Waals surface area contributed by atoms with Crippen LogP contribution < -0.4 is 5.32 Å². The lowest BCUT2D eigenvalue weighted by Crippen LogP contribution is -2.13. The summed E-state index contributed by atoms with van der Waals surface area (Å²) in [5, 5.41) is 3.57. The predicted molar refractivity (Wildman–Crippen MR) is 73.6 cm³/mol. The average molecular weight is 241 g/mol. The quantitative estimate of drug-likeness (QED) is 0.863. The van der Waals surface area contributed by atoms with Crippen molar-refractivity contribution in [1.29, 1.82) is 0 Å². The Labute approximate surface area is 108 Å². The van der Waals surface area contributed by atoms with Crippen LogP contribution in [0.5, 0.6) is 0 Å². The van der Waals surface area contributed by atoms with Gasteiger partial charge in [0.1, 0.15) is 0 Å². The molecule has 1 N–H and O–H groups in total.